The lowest BCUT2D eigenvalue weighted by Gasteiger charge is -2.40. The van der Waals surface area contributed by atoms with Crippen LogP contribution in [0.5, 0.6) is 11.5 Å². The Balaban J connectivity index is 1.39. The van der Waals surface area contributed by atoms with Crippen molar-refractivity contribution in [2.24, 2.45) is 5.92 Å². The predicted octanol–water partition coefficient (Wildman–Crippen LogP) is 5.48. The highest BCUT2D eigenvalue weighted by atomic mass is 32.2. The fraction of sp³-hybridized carbons (Fsp3) is 0.381. The van der Waals surface area contributed by atoms with E-state index >= 15 is 0 Å². The van der Waals surface area contributed by atoms with Crippen molar-refractivity contribution in [1.82, 2.24) is 9.21 Å². The van der Waals surface area contributed by atoms with Gasteiger partial charge in [0.15, 0.2) is 0 Å². The molecule has 4 nitrogen and oxygen atoms in total. The Labute approximate surface area is 184 Å². The molecule has 2 heterocycles. The second kappa shape index (κ2) is 8.51. The third-order valence-corrected chi connectivity index (χ3v) is 6.14. The number of rotatable bonds is 4. The topological polar surface area (TPSA) is 32.8 Å². The molecular weight excluding hydrogens is 458 g/mol. The van der Waals surface area contributed by atoms with Gasteiger partial charge >= 0.3 is 11.7 Å². The summed E-state index contributed by atoms with van der Waals surface area (Å²) in [7, 11) is 0. The number of alkyl halides is 6. The van der Waals surface area contributed by atoms with Gasteiger partial charge in [0.2, 0.25) is 5.91 Å². The lowest BCUT2D eigenvalue weighted by atomic mass is 9.95. The molecule has 0 aromatic heterocycles. The molecule has 0 saturated carbocycles. The van der Waals surface area contributed by atoms with Gasteiger partial charge in [0.1, 0.15) is 11.5 Å². The molecule has 0 aliphatic carbocycles. The summed E-state index contributed by atoms with van der Waals surface area (Å²) in [5.74, 6) is 0.133. The molecule has 2 aliphatic heterocycles. The summed E-state index contributed by atoms with van der Waals surface area (Å²) in [4.78, 5) is 14.3. The number of nitrogens with zero attached hydrogens (tertiary/aromatic N) is 2. The molecule has 2 aromatic carbocycles. The van der Waals surface area contributed by atoms with Crippen LogP contribution in [0.15, 0.2) is 42.5 Å². The molecule has 0 radical (unpaired) electrons. The zero-order chi connectivity index (χ0) is 23.1. The molecule has 2 aliphatic rings. The molecule has 11 heteroatoms. The number of halogens is 6. The normalized spacial score (nSPS) is 17.6. The second-order valence-electron chi connectivity index (χ2n) is 7.61. The van der Waals surface area contributed by atoms with Gasteiger partial charge in [-0.2, -0.15) is 26.3 Å². The van der Waals surface area contributed by atoms with Gasteiger partial charge < -0.3 is 9.64 Å². The summed E-state index contributed by atoms with van der Waals surface area (Å²) in [5, 5.41) is 0. The van der Waals surface area contributed by atoms with Gasteiger partial charge in [0, 0.05) is 43.7 Å². The molecule has 4 rings (SSSR count). The molecule has 1 amide bonds. The van der Waals surface area contributed by atoms with Crippen LogP contribution in [0.4, 0.5) is 26.3 Å². The fourth-order valence-electron chi connectivity index (χ4n) is 3.77. The Morgan fingerprint density at radius 2 is 1.69 bits per heavy atom. The van der Waals surface area contributed by atoms with Gasteiger partial charge in [-0.15, -0.1) is 0 Å². The van der Waals surface area contributed by atoms with E-state index in [0.29, 0.717) is 25.3 Å². The van der Waals surface area contributed by atoms with Crippen molar-refractivity contribution in [2.45, 2.75) is 24.7 Å². The van der Waals surface area contributed by atoms with E-state index in [0.717, 1.165) is 27.6 Å². The second-order valence-corrected chi connectivity index (χ2v) is 8.77. The van der Waals surface area contributed by atoms with Gasteiger partial charge in [-0.1, -0.05) is 12.1 Å². The Hall–Kier alpha value is -2.40. The first-order chi connectivity index (χ1) is 15.0. The van der Waals surface area contributed by atoms with Crippen LogP contribution in [0.3, 0.4) is 0 Å². The van der Waals surface area contributed by atoms with Crippen LogP contribution in [-0.4, -0.2) is 40.3 Å². The van der Waals surface area contributed by atoms with Crippen LogP contribution in [-0.2, 0) is 23.9 Å². The van der Waals surface area contributed by atoms with E-state index in [9.17, 15) is 31.1 Å². The van der Waals surface area contributed by atoms with Gasteiger partial charge in [-0.25, -0.2) is 4.31 Å². The summed E-state index contributed by atoms with van der Waals surface area (Å²) in [6.45, 7) is 0.816. The van der Waals surface area contributed by atoms with Crippen LogP contribution in [0.1, 0.15) is 16.7 Å². The van der Waals surface area contributed by atoms with Crippen LogP contribution in [0.25, 0.3) is 0 Å². The predicted molar refractivity (Wildman–Crippen MR) is 106 cm³/mol. The Morgan fingerprint density at radius 3 is 2.31 bits per heavy atom. The fourth-order valence-corrected chi connectivity index (χ4v) is 4.57. The molecule has 0 spiro atoms. The van der Waals surface area contributed by atoms with Crippen LogP contribution in [0.2, 0.25) is 0 Å². The maximum Gasteiger partial charge on any atom is 0.456 e. The van der Waals surface area contributed by atoms with E-state index in [-0.39, 0.29) is 36.7 Å². The van der Waals surface area contributed by atoms with Gasteiger partial charge in [0.25, 0.3) is 0 Å². The van der Waals surface area contributed by atoms with E-state index in [1.807, 2.05) is 6.07 Å². The zero-order valence-electron chi connectivity index (χ0n) is 16.5. The molecule has 0 atom stereocenters. The van der Waals surface area contributed by atoms with Crippen molar-refractivity contribution < 1.29 is 35.9 Å². The number of hydrogen-bond acceptors (Lipinski definition) is 4. The smallest absolute Gasteiger partial charge is 0.456 e. The molecule has 0 unspecified atom stereocenters. The van der Waals surface area contributed by atoms with E-state index in [1.54, 1.807) is 17.0 Å². The van der Waals surface area contributed by atoms with Crippen LogP contribution >= 0.6 is 11.9 Å². The van der Waals surface area contributed by atoms with Crippen LogP contribution in [0, 0.1) is 5.92 Å². The lowest BCUT2D eigenvalue weighted by molar-refractivity contribution is -0.140. The minimum Gasteiger partial charge on any atom is -0.457 e. The standard InChI is InChI=1S/C21H18F6N2O2S/c22-20(23,24)15-4-6-16(7-5-15)31-18-3-1-2-13-10-28(9-8-17(13)18)19(30)14-11-29(12-14)32-21(25,26)27/h1-7,14H,8-12H2. The summed E-state index contributed by atoms with van der Waals surface area (Å²) >= 11 is -0.211. The SMILES string of the molecule is O=C(C1CN(SC(F)(F)F)C1)N1CCc2c(cccc2Oc2ccc(C(F)(F)F)cc2)C1. The minimum atomic E-state index is -4.43. The van der Waals surface area contributed by atoms with E-state index in [2.05, 4.69) is 0 Å². The van der Waals surface area contributed by atoms with Crippen molar-refractivity contribution >= 4 is 17.9 Å². The van der Waals surface area contributed by atoms with Crippen molar-refractivity contribution in [3.05, 3.63) is 59.2 Å². The number of benzene rings is 2. The summed E-state index contributed by atoms with van der Waals surface area (Å²) in [6, 6.07) is 9.68. The molecule has 1 fully saturated rings. The number of carbonyl (C=O) groups excluding carboxylic acids is 1. The average molecular weight is 476 g/mol. The zero-order valence-corrected chi connectivity index (χ0v) is 17.4. The number of hydrogen-bond donors (Lipinski definition) is 0. The number of amides is 1. The van der Waals surface area contributed by atoms with Crippen molar-refractivity contribution in [2.75, 3.05) is 19.6 Å². The minimum absolute atomic E-state index is 0.0590. The van der Waals surface area contributed by atoms with Crippen molar-refractivity contribution in [1.29, 1.82) is 0 Å². The monoisotopic (exact) mass is 476 g/mol. The lowest BCUT2D eigenvalue weighted by Crippen LogP contribution is -2.53. The highest BCUT2D eigenvalue weighted by Gasteiger charge is 2.42. The van der Waals surface area contributed by atoms with E-state index in [4.69, 9.17) is 4.74 Å². The molecule has 32 heavy (non-hydrogen) atoms. The van der Waals surface area contributed by atoms with Crippen molar-refractivity contribution in [3.63, 3.8) is 0 Å². The average Bonchev–Trinajstić information content (AvgIpc) is 2.69. The Bertz CT molecular complexity index is 987. The van der Waals surface area contributed by atoms with Gasteiger partial charge in [-0.05, 0) is 42.3 Å². The Morgan fingerprint density at radius 1 is 1.00 bits per heavy atom. The van der Waals surface area contributed by atoms with E-state index in [1.165, 1.54) is 12.1 Å². The molecule has 0 N–H and O–H groups in total. The molecular formula is C21H18F6N2O2S. The molecule has 0 bridgehead atoms. The van der Waals surface area contributed by atoms with Gasteiger partial charge in [0.05, 0.1) is 11.5 Å². The summed E-state index contributed by atoms with van der Waals surface area (Å²) in [6.07, 6.45) is -3.95. The largest absolute Gasteiger partial charge is 0.457 e. The van der Waals surface area contributed by atoms with E-state index < -0.39 is 23.2 Å². The maximum absolute atomic E-state index is 12.7. The van der Waals surface area contributed by atoms with Crippen molar-refractivity contribution in [3.8, 4) is 11.5 Å². The summed E-state index contributed by atoms with van der Waals surface area (Å²) in [5.41, 5.74) is -3.42. The third kappa shape index (κ3) is 5.15. The number of fused-ring (bicyclic) bond motifs is 1. The highest BCUT2D eigenvalue weighted by Crippen LogP contribution is 2.39. The first-order valence-electron chi connectivity index (χ1n) is 9.75. The first kappa shape index (κ1) is 22.8. The first-order valence-corrected chi connectivity index (χ1v) is 10.5. The molecule has 2 aromatic rings. The van der Waals surface area contributed by atoms with Gasteiger partial charge in [-0.3, -0.25) is 4.79 Å². The molecule has 1 saturated heterocycles. The number of carbonyl (C=O) groups is 1. The summed E-state index contributed by atoms with van der Waals surface area (Å²) < 4.78 is 82.3. The maximum atomic E-state index is 12.7. The van der Waals surface area contributed by atoms with Crippen LogP contribution < -0.4 is 4.74 Å². The highest BCUT2D eigenvalue weighted by molar-refractivity contribution is 7.97. The number of ether oxygens (including phenoxy) is 1. The molecule has 172 valence electrons. The Kier molecular flexibility index (Phi) is 6.06. The third-order valence-electron chi connectivity index (χ3n) is 5.37. The quantitative estimate of drug-likeness (QED) is 0.432.